The predicted molar refractivity (Wildman–Crippen MR) is 108 cm³/mol. The maximum Gasteiger partial charge on any atom is 0.303 e. The summed E-state index contributed by atoms with van der Waals surface area (Å²) in [5, 5.41) is 8.41. The first-order valence-corrected chi connectivity index (χ1v) is 10.5. The van der Waals surface area contributed by atoms with Gasteiger partial charge in [-0.2, -0.15) is 0 Å². The first-order chi connectivity index (χ1) is 12.6. The van der Waals surface area contributed by atoms with Crippen molar-refractivity contribution in [1.82, 2.24) is 9.88 Å². The van der Waals surface area contributed by atoms with Crippen molar-refractivity contribution < 1.29 is 9.90 Å². The van der Waals surface area contributed by atoms with E-state index in [9.17, 15) is 4.79 Å². The van der Waals surface area contributed by atoms with Gasteiger partial charge in [0.15, 0.2) is 0 Å². The summed E-state index contributed by atoms with van der Waals surface area (Å²) in [6.45, 7) is 3.45. The Labute approximate surface area is 160 Å². The molecule has 1 saturated heterocycles. The second-order valence-electron chi connectivity index (χ2n) is 7.40. The summed E-state index contributed by atoms with van der Waals surface area (Å²) < 4.78 is 0. The minimum atomic E-state index is -0.659. The van der Waals surface area contributed by atoms with Crippen molar-refractivity contribution >= 4 is 5.97 Å². The Kier molecular flexibility index (Phi) is 12.8. The van der Waals surface area contributed by atoms with Crippen LogP contribution in [0.3, 0.4) is 0 Å². The number of aromatic nitrogens is 1. The summed E-state index contributed by atoms with van der Waals surface area (Å²) in [6.07, 6.45) is 17.9. The number of nitrogens with zero attached hydrogens (tertiary/aromatic N) is 2. The van der Waals surface area contributed by atoms with Crippen LogP contribution in [0, 0.1) is 0 Å². The van der Waals surface area contributed by atoms with E-state index >= 15 is 0 Å². The molecule has 26 heavy (non-hydrogen) atoms. The highest BCUT2D eigenvalue weighted by molar-refractivity contribution is 5.66. The SMILES string of the molecule is CCCCCCCCCCCC(=O)O.CN1CCC[C@H]1c1cccnc1. The van der Waals surface area contributed by atoms with E-state index in [1.807, 2.05) is 18.5 Å². The molecule has 1 fully saturated rings. The number of rotatable bonds is 11. The van der Waals surface area contributed by atoms with Crippen LogP contribution in [-0.4, -0.2) is 34.6 Å². The molecule has 2 heterocycles. The molecule has 0 bridgehead atoms. The zero-order valence-electron chi connectivity index (χ0n) is 16.8. The second kappa shape index (κ2) is 14.7. The third kappa shape index (κ3) is 10.5. The summed E-state index contributed by atoms with van der Waals surface area (Å²) in [6, 6.07) is 4.79. The Bertz CT molecular complexity index is 464. The maximum absolute atomic E-state index is 10.2. The fourth-order valence-corrected chi connectivity index (χ4v) is 3.49. The standard InChI is InChI=1S/C12H24O2.C10H14N2/c1-2-3-4-5-6-7-8-9-10-11-12(13)14;1-12-7-3-5-10(12)9-4-2-6-11-8-9/h2-11H2,1H3,(H,13,14);2,4,6,8,10H,3,5,7H2,1H3/t;10-/m.0/s1. The van der Waals surface area contributed by atoms with Crippen LogP contribution in [0.25, 0.3) is 0 Å². The molecule has 1 N–H and O–H groups in total. The van der Waals surface area contributed by atoms with E-state index in [2.05, 4.69) is 29.9 Å². The minimum Gasteiger partial charge on any atom is -0.481 e. The van der Waals surface area contributed by atoms with Gasteiger partial charge in [-0.25, -0.2) is 0 Å². The highest BCUT2D eigenvalue weighted by Crippen LogP contribution is 2.29. The summed E-state index contributed by atoms with van der Waals surface area (Å²) in [4.78, 5) is 16.7. The molecule has 0 unspecified atom stereocenters. The Morgan fingerprint density at radius 1 is 1.15 bits per heavy atom. The van der Waals surface area contributed by atoms with Crippen molar-refractivity contribution in [1.29, 1.82) is 0 Å². The van der Waals surface area contributed by atoms with Crippen LogP contribution < -0.4 is 0 Å². The van der Waals surface area contributed by atoms with Crippen LogP contribution in [0.4, 0.5) is 0 Å². The molecular weight excluding hydrogens is 324 g/mol. The largest absolute Gasteiger partial charge is 0.481 e. The van der Waals surface area contributed by atoms with E-state index in [0.29, 0.717) is 12.5 Å². The van der Waals surface area contributed by atoms with Crippen molar-refractivity contribution in [2.45, 2.75) is 90.0 Å². The van der Waals surface area contributed by atoms with Gasteiger partial charge in [-0.05, 0) is 44.5 Å². The lowest BCUT2D eigenvalue weighted by Gasteiger charge is -2.18. The lowest BCUT2D eigenvalue weighted by atomic mass is 10.1. The number of hydrogen-bond donors (Lipinski definition) is 1. The van der Waals surface area contributed by atoms with Gasteiger partial charge >= 0.3 is 5.97 Å². The highest BCUT2D eigenvalue weighted by atomic mass is 16.4. The molecule has 1 aromatic heterocycles. The Morgan fingerprint density at radius 3 is 2.31 bits per heavy atom. The average Bonchev–Trinajstić information content (AvgIpc) is 3.07. The second-order valence-corrected chi connectivity index (χ2v) is 7.40. The molecule has 1 aliphatic heterocycles. The monoisotopic (exact) mass is 362 g/mol. The molecule has 1 atom stereocenters. The van der Waals surface area contributed by atoms with Crippen LogP contribution in [0.5, 0.6) is 0 Å². The van der Waals surface area contributed by atoms with Crippen molar-refractivity contribution in [3.05, 3.63) is 30.1 Å². The maximum atomic E-state index is 10.2. The summed E-state index contributed by atoms with van der Waals surface area (Å²) >= 11 is 0. The Morgan fingerprint density at radius 2 is 1.81 bits per heavy atom. The van der Waals surface area contributed by atoms with Gasteiger partial charge in [-0.3, -0.25) is 14.7 Å². The number of carboxylic acid groups (broad SMARTS) is 1. The summed E-state index contributed by atoms with van der Waals surface area (Å²) in [5.74, 6) is -0.659. The highest BCUT2D eigenvalue weighted by Gasteiger charge is 2.21. The zero-order valence-corrected chi connectivity index (χ0v) is 16.8. The van der Waals surface area contributed by atoms with Crippen LogP contribution in [0.1, 0.15) is 95.6 Å². The van der Waals surface area contributed by atoms with Gasteiger partial charge in [0.1, 0.15) is 0 Å². The van der Waals surface area contributed by atoms with Crippen LogP contribution >= 0.6 is 0 Å². The van der Waals surface area contributed by atoms with Crippen LogP contribution in [0.15, 0.2) is 24.5 Å². The molecule has 0 aliphatic carbocycles. The van der Waals surface area contributed by atoms with Gasteiger partial charge < -0.3 is 5.11 Å². The molecule has 0 saturated carbocycles. The van der Waals surface area contributed by atoms with Gasteiger partial charge in [-0.15, -0.1) is 0 Å². The molecule has 0 radical (unpaired) electrons. The lowest BCUT2D eigenvalue weighted by Crippen LogP contribution is -2.17. The number of pyridine rings is 1. The van der Waals surface area contributed by atoms with Crippen LogP contribution in [0.2, 0.25) is 0 Å². The average molecular weight is 363 g/mol. The molecular formula is C22H38N2O2. The van der Waals surface area contributed by atoms with Crippen LogP contribution in [-0.2, 0) is 4.79 Å². The molecule has 4 heteroatoms. The molecule has 1 aliphatic rings. The third-order valence-corrected chi connectivity index (χ3v) is 5.08. The van der Waals surface area contributed by atoms with Gasteiger partial charge in [0.25, 0.3) is 0 Å². The van der Waals surface area contributed by atoms with E-state index in [1.54, 1.807) is 0 Å². The van der Waals surface area contributed by atoms with Gasteiger partial charge in [0.05, 0.1) is 0 Å². The molecule has 4 nitrogen and oxygen atoms in total. The van der Waals surface area contributed by atoms with Gasteiger partial charge in [0.2, 0.25) is 0 Å². The first kappa shape index (κ1) is 22.6. The lowest BCUT2D eigenvalue weighted by molar-refractivity contribution is -0.137. The first-order valence-electron chi connectivity index (χ1n) is 10.5. The normalized spacial score (nSPS) is 16.9. The number of hydrogen-bond acceptors (Lipinski definition) is 3. The number of likely N-dealkylation sites (tertiary alicyclic amines) is 1. The van der Waals surface area contributed by atoms with Crippen molar-refractivity contribution in [2.24, 2.45) is 0 Å². The van der Waals surface area contributed by atoms with E-state index < -0.39 is 5.97 Å². The zero-order chi connectivity index (χ0) is 19.0. The van der Waals surface area contributed by atoms with Crippen molar-refractivity contribution in [2.75, 3.05) is 13.6 Å². The molecule has 1 aromatic rings. The van der Waals surface area contributed by atoms with Gasteiger partial charge in [0, 0.05) is 24.9 Å². The van der Waals surface area contributed by atoms with E-state index in [0.717, 1.165) is 12.8 Å². The third-order valence-electron chi connectivity index (χ3n) is 5.08. The Balaban J connectivity index is 0.000000262. The van der Waals surface area contributed by atoms with Crippen molar-refractivity contribution in [3.63, 3.8) is 0 Å². The molecule has 0 amide bonds. The molecule has 0 spiro atoms. The number of aliphatic carboxylic acids is 1. The fourth-order valence-electron chi connectivity index (χ4n) is 3.49. The molecule has 2 rings (SSSR count). The van der Waals surface area contributed by atoms with E-state index in [1.165, 1.54) is 69.9 Å². The fraction of sp³-hybridized carbons (Fsp3) is 0.727. The number of carbonyl (C=O) groups is 1. The molecule has 0 aromatic carbocycles. The van der Waals surface area contributed by atoms with E-state index in [-0.39, 0.29) is 0 Å². The molecule has 148 valence electrons. The number of carboxylic acids is 1. The quantitative estimate of drug-likeness (QED) is 0.502. The summed E-state index contributed by atoms with van der Waals surface area (Å²) in [7, 11) is 2.19. The Hall–Kier alpha value is -1.42. The minimum absolute atomic E-state index is 0.343. The topological polar surface area (TPSA) is 53.4 Å². The number of unbranched alkanes of at least 4 members (excludes halogenated alkanes) is 8. The smallest absolute Gasteiger partial charge is 0.303 e. The van der Waals surface area contributed by atoms with Gasteiger partial charge in [-0.1, -0.05) is 64.4 Å². The predicted octanol–water partition coefficient (Wildman–Crippen LogP) is 5.84. The van der Waals surface area contributed by atoms with E-state index in [4.69, 9.17) is 5.11 Å². The van der Waals surface area contributed by atoms with Crippen molar-refractivity contribution in [3.8, 4) is 0 Å². The summed E-state index contributed by atoms with van der Waals surface area (Å²) in [5.41, 5.74) is 1.36.